The van der Waals surface area contributed by atoms with Crippen molar-refractivity contribution in [2.24, 2.45) is 11.5 Å². The number of aryl methyl sites for hydroxylation is 1. The summed E-state index contributed by atoms with van der Waals surface area (Å²) in [5.74, 6) is 6.75. The van der Waals surface area contributed by atoms with Crippen molar-refractivity contribution in [3.8, 4) is 23.3 Å². The number of Topliss-reactive ketones (excluding diaryl/α,β-unsaturated/α-hetero) is 1. The number of carbonyl (C=O) groups is 2. The molecule has 3 aromatic carbocycles. The van der Waals surface area contributed by atoms with E-state index in [1.54, 1.807) is 18.2 Å². The van der Waals surface area contributed by atoms with Crippen LogP contribution >= 0.6 is 11.3 Å². The molecule has 8 nitrogen and oxygen atoms in total. The lowest BCUT2D eigenvalue weighted by molar-refractivity contribution is -0.124. The van der Waals surface area contributed by atoms with Gasteiger partial charge in [0.25, 0.3) is 5.91 Å². The number of likely N-dealkylation sites (tertiary alicyclic amines) is 1. The number of ether oxygens (including phenoxy) is 1. The number of ketones is 1. The Morgan fingerprint density at radius 2 is 1.91 bits per heavy atom. The van der Waals surface area contributed by atoms with Crippen LogP contribution in [0.2, 0.25) is 0 Å². The van der Waals surface area contributed by atoms with E-state index in [1.807, 2.05) is 56.3 Å². The summed E-state index contributed by atoms with van der Waals surface area (Å²) >= 11 is 1.27. The molecule has 2 aliphatic rings. The highest BCUT2D eigenvalue weighted by Crippen LogP contribution is 2.50. The normalized spacial score (nSPS) is 21.7. The Bertz CT molecular complexity index is 1790. The number of benzene rings is 3. The molecule has 3 unspecified atom stereocenters. The molecule has 4 aromatic rings. The maximum atomic E-state index is 14.2. The molecule has 1 saturated heterocycles. The molecule has 0 spiro atoms. The fourth-order valence-corrected chi connectivity index (χ4v) is 7.56. The average molecular weight is 594 g/mol. The van der Waals surface area contributed by atoms with Crippen LogP contribution in [0, 0.1) is 18.8 Å². The van der Waals surface area contributed by atoms with Crippen molar-refractivity contribution in [1.29, 1.82) is 0 Å². The average Bonchev–Trinajstić information content (AvgIpc) is 3.41. The number of hydrogen-bond donors (Lipinski definition) is 4. The molecular formula is C34H35N5O3S. The number of para-hydroxylation sites is 1. The Balaban J connectivity index is 1.38. The van der Waals surface area contributed by atoms with Crippen molar-refractivity contribution in [3.05, 3.63) is 87.8 Å². The zero-order valence-corrected chi connectivity index (χ0v) is 25.1. The molecule has 6 rings (SSSR count). The van der Waals surface area contributed by atoms with Crippen molar-refractivity contribution < 1.29 is 14.3 Å². The summed E-state index contributed by atoms with van der Waals surface area (Å²) in [6, 6.07) is 17.4. The number of rotatable bonds is 6. The quantitative estimate of drug-likeness (QED) is 0.190. The molecule has 1 amide bonds. The van der Waals surface area contributed by atoms with Gasteiger partial charge in [-0.2, -0.15) is 0 Å². The highest BCUT2D eigenvalue weighted by molar-refractivity contribution is 7.21. The van der Waals surface area contributed by atoms with Crippen LogP contribution < -0.4 is 27.3 Å². The topological polar surface area (TPSA) is 137 Å². The van der Waals surface area contributed by atoms with Crippen LogP contribution in [0.4, 0.5) is 5.69 Å². The number of piperidine rings is 1. The van der Waals surface area contributed by atoms with E-state index >= 15 is 0 Å². The summed E-state index contributed by atoms with van der Waals surface area (Å²) in [7, 11) is 0. The highest BCUT2D eigenvalue weighted by Gasteiger charge is 2.49. The molecule has 2 heterocycles. The second kappa shape index (κ2) is 11.5. The Morgan fingerprint density at radius 1 is 1.14 bits per heavy atom. The Morgan fingerprint density at radius 3 is 2.65 bits per heavy atom. The second-order valence-corrected chi connectivity index (χ2v) is 12.3. The van der Waals surface area contributed by atoms with Crippen LogP contribution in [0.1, 0.15) is 57.7 Å². The van der Waals surface area contributed by atoms with Crippen molar-refractivity contribution in [2.45, 2.75) is 44.3 Å². The molecule has 9 heteroatoms. The van der Waals surface area contributed by atoms with Gasteiger partial charge in [-0.05, 0) is 80.3 Å². The number of amides is 1. The third-order valence-electron chi connectivity index (χ3n) is 8.44. The lowest BCUT2D eigenvalue weighted by Crippen LogP contribution is -2.53. The van der Waals surface area contributed by atoms with Gasteiger partial charge in [0.05, 0.1) is 22.2 Å². The number of nitrogen functional groups attached to an aromatic ring is 1. The van der Waals surface area contributed by atoms with Gasteiger partial charge in [-0.3, -0.25) is 14.5 Å². The Kier molecular flexibility index (Phi) is 7.71. The smallest absolute Gasteiger partial charge is 0.262 e. The Hall–Kier alpha value is -4.20. The van der Waals surface area contributed by atoms with Crippen molar-refractivity contribution in [1.82, 2.24) is 10.2 Å². The van der Waals surface area contributed by atoms with Crippen molar-refractivity contribution in [3.63, 3.8) is 0 Å². The molecule has 43 heavy (non-hydrogen) atoms. The third-order valence-corrected chi connectivity index (χ3v) is 9.69. The lowest BCUT2D eigenvalue weighted by atomic mass is 9.69. The number of nitrogens with zero attached hydrogens (tertiary/aromatic N) is 1. The molecule has 220 valence electrons. The van der Waals surface area contributed by atoms with Crippen LogP contribution in [0.5, 0.6) is 11.5 Å². The summed E-state index contributed by atoms with van der Waals surface area (Å²) in [6.07, 6.45) is 1.84. The molecule has 0 bridgehead atoms. The number of thiophene rings is 1. The van der Waals surface area contributed by atoms with Gasteiger partial charge in [-0.15, -0.1) is 17.3 Å². The fourth-order valence-electron chi connectivity index (χ4n) is 6.35. The van der Waals surface area contributed by atoms with E-state index in [4.69, 9.17) is 21.9 Å². The van der Waals surface area contributed by atoms with Gasteiger partial charge in [0.1, 0.15) is 17.0 Å². The number of carbonyl (C=O) groups excluding carboxylic acids is 2. The molecule has 0 saturated carbocycles. The summed E-state index contributed by atoms with van der Waals surface area (Å²) in [6.45, 7) is 6.07. The van der Waals surface area contributed by atoms with E-state index in [9.17, 15) is 9.59 Å². The van der Waals surface area contributed by atoms with Gasteiger partial charge in [0.15, 0.2) is 5.78 Å². The third kappa shape index (κ3) is 5.07. The monoisotopic (exact) mass is 593 g/mol. The van der Waals surface area contributed by atoms with Crippen molar-refractivity contribution >= 4 is 38.8 Å². The zero-order chi connectivity index (χ0) is 30.3. The minimum Gasteiger partial charge on any atom is -0.457 e. The van der Waals surface area contributed by atoms with Gasteiger partial charge in [0, 0.05) is 29.2 Å². The first-order valence-electron chi connectivity index (χ1n) is 14.4. The molecule has 0 radical (unpaired) electrons. The SMILES string of the molecule is CC#CCN1CCCC(NC(=O)c2sc3c(N)ccc4c3c2C(N)C(=O)C4(N)c2ccc(Oc3ccccc3)cc2C)C1. The molecule has 1 fully saturated rings. The fraction of sp³-hybridized carbons (Fsp3) is 0.294. The summed E-state index contributed by atoms with van der Waals surface area (Å²) < 4.78 is 6.72. The summed E-state index contributed by atoms with van der Waals surface area (Å²) in [5.41, 5.74) is 21.7. The van der Waals surface area contributed by atoms with Crippen molar-refractivity contribution in [2.75, 3.05) is 25.4 Å². The van der Waals surface area contributed by atoms with Gasteiger partial charge < -0.3 is 27.3 Å². The lowest BCUT2D eigenvalue weighted by Gasteiger charge is -2.37. The van der Waals surface area contributed by atoms with E-state index in [2.05, 4.69) is 22.1 Å². The second-order valence-electron chi connectivity index (χ2n) is 11.3. The molecule has 1 aromatic heterocycles. The van der Waals surface area contributed by atoms with E-state index in [0.717, 1.165) is 24.9 Å². The van der Waals surface area contributed by atoms with Crippen LogP contribution in [0.15, 0.2) is 60.7 Å². The Labute approximate surface area is 255 Å². The summed E-state index contributed by atoms with van der Waals surface area (Å²) in [5, 5.41) is 3.88. The predicted octanol–water partition coefficient (Wildman–Crippen LogP) is 4.59. The number of hydrogen-bond acceptors (Lipinski definition) is 8. The molecule has 1 aliphatic carbocycles. The molecular weight excluding hydrogens is 558 g/mol. The van der Waals surface area contributed by atoms with Crippen LogP contribution in [0.25, 0.3) is 10.1 Å². The zero-order valence-electron chi connectivity index (χ0n) is 24.3. The number of nitrogens with one attached hydrogen (secondary N) is 1. The largest absolute Gasteiger partial charge is 0.457 e. The van der Waals surface area contributed by atoms with E-state index < -0.39 is 11.6 Å². The summed E-state index contributed by atoms with van der Waals surface area (Å²) in [4.78, 5) is 30.6. The standard InChI is InChI=1S/C34H35N5O3S/c1-3-4-16-39-17-8-9-21(19-39)38-33(41)31-28-27-25(14-15-26(35)30(27)43-31)34(37,32(40)29(28)36)24-13-12-23(18-20(24)2)42-22-10-6-5-7-11-22/h5-7,10-15,18,21,29H,8-9,16-17,19,35-37H2,1-2H3,(H,38,41). The predicted molar refractivity (Wildman–Crippen MR) is 171 cm³/mol. The van der Waals surface area contributed by atoms with Gasteiger partial charge in [-0.25, -0.2) is 0 Å². The minimum absolute atomic E-state index is 0.0301. The molecule has 3 atom stereocenters. The van der Waals surface area contributed by atoms with Crippen LogP contribution in [0.3, 0.4) is 0 Å². The first-order chi connectivity index (χ1) is 20.7. The molecule has 7 N–H and O–H groups in total. The van der Waals surface area contributed by atoms with Gasteiger partial charge in [-0.1, -0.05) is 36.3 Å². The van der Waals surface area contributed by atoms with E-state index in [-0.39, 0.29) is 17.7 Å². The minimum atomic E-state index is -1.53. The van der Waals surface area contributed by atoms with Gasteiger partial charge >= 0.3 is 0 Å². The highest BCUT2D eigenvalue weighted by atomic mass is 32.1. The van der Waals surface area contributed by atoms with Crippen LogP contribution in [-0.4, -0.2) is 42.3 Å². The van der Waals surface area contributed by atoms with Crippen LogP contribution in [-0.2, 0) is 10.3 Å². The van der Waals surface area contributed by atoms with Gasteiger partial charge in [0.2, 0.25) is 0 Å². The number of anilines is 1. The maximum absolute atomic E-state index is 14.2. The first-order valence-corrected chi connectivity index (χ1v) is 15.2. The molecule has 1 aliphatic heterocycles. The first kappa shape index (κ1) is 28.9. The van der Waals surface area contributed by atoms with E-state index in [0.29, 0.717) is 61.9 Å². The maximum Gasteiger partial charge on any atom is 0.262 e. The number of nitrogens with two attached hydrogens (primary N) is 3. The van der Waals surface area contributed by atoms with E-state index in [1.165, 1.54) is 11.3 Å².